The lowest BCUT2D eigenvalue weighted by Gasteiger charge is -2.28. The van der Waals surface area contributed by atoms with Gasteiger partial charge in [0.05, 0.1) is 18.6 Å². The summed E-state index contributed by atoms with van der Waals surface area (Å²) in [6.45, 7) is 6.16. The van der Waals surface area contributed by atoms with Crippen LogP contribution in [0.2, 0.25) is 0 Å². The van der Waals surface area contributed by atoms with Gasteiger partial charge in [-0.2, -0.15) is 0 Å². The van der Waals surface area contributed by atoms with Gasteiger partial charge in [0.1, 0.15) is 41.3 Å². The van der Waals surface area contributed by atoms with Gasteiger partial charge < -0.3 is 39.3 Å². The number of likely N-dealkylation sites (N-methyl/N-ethyl adjacent to an activating group) is 1. The number of fused-ring (bicyclic) bond motifs is 2. The van der Waals surface area contributed by atoms with E-state index in [1.807, 2.05) is 26.8 Å². The Kier molecular flexibility index (Phi) is 7.49. The first-order chi connectivity index (χ1) is 15.9. The van der Waals surface area contributed by atoms with Crippen LogP contribution in [0.3, 0.4) is 0 Å². The Balaban J connectivity index is 1.88. The molecule has 2 aromatic heterocycles. The van der Waals surface area contributed by atoms with Crippen LogP contribution in [-0.4, -0.2) is 81.0 Å². The predicted molar refractivity (Wildman–Crippen MR) is 124 cm³/mol. The van der Waals surface area contributed by atoms with Gasteiger partial charge in [-0.1, -0.05) is 0 Å². The number of benzene rings is 1. The van der Waals surface area contributed by atoms with Crippen molar-refractivity contribution < 1.29 is 39.2 Å². The molecule has 0 unspecified atom stereocenters. The number of furan rings is 1. The summed E-state index contributed by atoms with van der Waals surface area (Å²) in [5, 5.41) is 49.8. The standard InChI is InChI=1S/C24H31NO9/c1-10-13(4)33-22-12(3)23-15(6-14(10)22)11(2)16(24(32)34-23)7-19(29)25(5)8-17(27)20(30)21(31)18(28)9-26/h6,17-18,20-21,26-28,30-31H,7-9H2,1-5H3/t17-,18-,20-,21+/m0/s1. The molecule has 1 amide bonds. The van der Waals surface area contributed by atoms with Crippen molar-refractivity contribution in [1.82, 2.24) is 4.90 Å². The summed E-state index contributed by atoms with van der Waals surface area (Å²) in [5.74, 6) is 0.245. The lowest BCUT2D eigenvalue weighted by Crippen LogP contribution is -2.50. The first-order valence-electron chi connectivity index (χ1n) is 10.9. The monoisotopic (exact) mass is 477 g/mol. The summed E-state index contributed by atoms with van der Waals surface area (Å²) in [5.41, 5.74) is 2.82. The fourth-order valence-corrected chi connectivity index (χ4v) is 4.04. The number of hydrogen-bond donors (Lipinski definition) is 5. The lowest BCUT2D eigenvalue weighted by atomic mass is 9.98. The number of nitrogens with zero attached hydrogens (tertiary/aromatic N) is 1. The minimum absolute atomic E-state index is 0.173. The minimum Gasteiger partial charge on any atom is -0.461 e. The second-order valence-electron chi connectivity index (χ2n) is 8.78. The number of amides is 1. The van der Waals surface area contributed by atoms with E-state index in [0.29, 0.717) is 27.7 Å². The van der Waals surface area contributed by atoms with Crippen LogP contribution in [0.5, 0.6) is 0 Å². The maximum absolute atomic E-state index is 12.8. The first kappa shape index (κ1) is 25.9. The number of carbonyl (C=O) groups is 1. The van der Waals surface area contributed by atoms with E-state index in [2.05, 4.69) is 0 Å². The van der Waals surface area contributed by atoms with Gasteiger partial charge in [-0.05, 0) is 44.9 Å². The fourth-order valence-electron chi connectivity index (χ4n) is 4.04. The Bertz CT molecular complexity index is 1280. The maximum Gasteiger partial charge on any atom is 0.340 e. The molecular weight excluding hydrogens is 446 g/mol. The molecule has 10 nitrogen and oxygen atoms in total. The Hall–Kier alpha value is -2.76. The third-order valence-electron chi connectivity index (χ3n) is 6.48. The minimum atomic E-state index is -1.80. The first-order valence-corrected chi connectivity index (χ1v) is 10.9. The molecule has 3 rings (SSSR count). The van der Waals surface area contributed by atoms with Crippen LogP contribution >= 0.6 is 0 Å². The molecule has 0 radical (unpaired) electrons. The smallest absolute Gasteiger partial charge is 0.340 e. The lowest BCUT2D eigenvalue weighted by molar-refractivity contribution is -0.137. The van der Waals surface area contributed by atoms with E-state index in [0.717, 1.165) is 21.6 Å². The topological polar surface area (TPSA) is 165 Å². The Morgan fingerprint density at radius 2 is 1.47 bits per heavy atom. The van der Waals surface area contributed by atoms with Crippen molar-refractivity contribution >= 4 is 27.8 Å². The maximum atomic E-state index is 12.8. The van der Waals surface area contributed by atoms with Gasteiger partial charge in [0, 0.05) is 29.9 Å². The van der Waals surface area contributed by atoms with Gasteiger partial charge in [0.15, 0.2) is 0 Å². The average molecular weight is 478 g/mol. The fraction of sp³-hybridized carbons (Fsp3) is 0.500. The average Bonchev–Trinajstić information content (AvgIpc) is 3.09. The van der Waals surface area contributed by atoms with E-state index >= 15 is 0 Å². The molecule has 0 saturated heterocycles. The summed E-state index contributed by atoms with van der Waals surface area (Å²) in [6, 6.07) is 1.88. The van der Waals surface area contributed by atoms with Gasteiger partial charge in [0.2, 0.25) is 5.91 Å². The number of rotatable bonds is 8. The van der Waals surface area contributed by atoms with Gasteiger partial charge in [-0.3, -0.25) is 4.79 Å². The third kappa shape index (κ3) is 4.59. The van der Waals surface area contributed by atoms with Crippen LogP contribution in [0.4, 0.5) is 0 Å². The molecule has 2 heterocycles. The van der Waals surface area contributed by atoms with Crippen LogP contribution in [0, 0.1) is 27.7 Å². The molecule has 0 aliphatic rings. The van der Waals surface area contributed by atoms with Crippen LogP contribution < -0.4 is 5.63 Å². The highest BCUT2D eigenvalue weighted by Gasteiger charge is 2.31. The molecule has 186 valence electrons. The SMILES string of the molecule is Cc1oc2c(C)c3oc(=O)c(CC(=O)N(C)C[C@H](O)[C@H](O)[C@H](O)[C@@H](O)CO)c(C)c3cc2c1C. The second kappa shape index (κ2) is 9.85. The highest BCUT2D eigenvalue weighted by Crippen LogP contribution is 2.34. The van der Waals surface area contributed by atoms with E-state index in [9.17, 15) is 30.0 Å². The molecule has 3 aromatic rings. The molecule has 0 fully saturated rings. The van der Waals surface area contributed by atoms with Gasteiger partial charge >= 0.3 is 5.63 Å². The summed E-state index contributed by atoms with van der Waals surface area (Å²) < 4.78 is 11.4. The molecule has 1 aromatic carbocycles. The molecule has 34 heavy (non-hydrogen) atoms. The summed E-state index contributed by atoms with van der Waals surface area (Å²) in [4.78, 5) is 26.7. The summed E-state index contributed by atoms with van der Waals surface area (Å²) in [6.07, 6.45) is -7.13. The molecule has 0 bridgehead atoms. The van der Waals surface area contributed by atoms with Crippen molar-refractivity contribution in [3.63, 3.8) is 0 Å². The highest BCUT2D eigenvalue weighted by molar-refractivity contribution is 6.00. The molecule has 0 aliphatic carbocycles. The molecule has 0 aliphatic heterocycles. The van der Waals surface area contributed by atoms with E-state index < -0.39 is 42.6 Å². The highest BCUT2D eigenvalue weighted by atomic mass is 16.4. The largest absolute Gasteiger partial charge is 0.461 e. The zero-order chi connectivity index (χ0) is 25.5. The normalized spacial score (nSPS) is 15.5. The van der Waals surface area contributed by atoms with Crippen molar-refractivity contribution in [2.24, 2.45) is 0 Å². The van der Waals surface area contributed by atoms with Gasteiger partial charge in [-0.25, -0.2) is 4.79 Å². The molecular formula is C24H31NO9. The number of hydrogen-bond acceptors (Lipinski definition) is 9. The number of aliphatic hydroxyl groups excluding tert-OH is 5. The van der Waals surface area contributed by atoms with Crippen molar-refractivity contribution in [2.45, 2.75) is 58.5 Å². The van der Waals surface area contributed by atoms with Gasteiger partial charge in [0.25, 0.3) is 0 Å². The molecule has 0 spiro atoms. The van der Waals surface area contributed by atoms with Crippen molar-refractivity contribution in [1.29, 1.82) is 0 Å². The van der Waals surface area contributed by atoms with Crippen molar-refractivity contribution in [3.05, 3.63) is 44.5 Å². The van der Waals surface area contributed by atoms with Crippen LogP contribution in [-0.2, 0) is 11.2 Å². The quantitative estimate of drug-likeness (QED) is 0.285. The predicted octanol–water partition coefficient (Wildman–Crippen LogP) is 0.210. The van der Waals surface area contributed by atoms with Crippen LogP contribution in [0.15, 0.2) is 19.7 Å². The molecule has 4 atom stereocenters. The Morgan fingerprint density at radius 1 is 0.912 bits per heavy atom. The zero-order valence-corrected chi connectivity index (χ0v) is 19.8. The second-order valence-corrected chi connectivity index (χ2v) is 8.78. The molecule has 10 heteroatoms. The Labute approximate surface area is 195 Å². The molecule has 0 saturated carbocycles. The Morgan fingerprint density at radius 3 is 2.09 bits per heavy atom. The van der Waals surface area contributed by atoms with E-state index in [1.54, 1.807) is 6.92 Å². The van der Waals surface area contributed by atoms with Crippen LogP contribution in [0.25, 0.3) is 21.9 Å². The molecule has 5 N–H and O–H groups in total. The summed E-state index contributed by atoms with van der Waals surface area (Å²) in [7, 11) is 1.37. The number of carbonyl (C=O) groups excluding carboxylic acids is 1. The summed E-state index contributed by atoms with van der Waals surface area (Å²) >= 11 is 0. The van der Waals surface area contributed by atoms with Crippen LogP contribution in [0.1, 0.15) is 28.0 Å². The van der Waals surface area contributed by atoms with E-state index in [-0.39, 0.29) is 18.5 Å². The number of aryl methyl sites for hydroxylation is 4. The van der Waals surface area contributed by atoms with Gasteiger partial charge in [-0.15, -0.1) is 0 Å². The zero-order valence-electron chi connectivity index (χ0n) is 19.8. The van der Waals surface area contributed by atoms with Crippen molar-refractivity contribution in [2.75, 3.05) is 20.2 Å². The van der Waals surface area contributed by atoms with E-state index in [4.69, 9.17) is 13.9 Å². The van der Waals surface area contributed by atoms with Crippen molar-refractivity contribution in [3.8, 4) is 0 Å². The number of aliphatic hydroxyl groups is 5. The van der Waals surface area contributed by atoms with E-state index in [1.165, 1.54) is 7.05 Å². The third-order valence-corrected chi connectivity index (χ3v) is 6.48.